The molecule has 4 fully saturated rings. The molecule has 1 aliphatic carbocycles. The number of rotatable bonds is 19. The van der Waals surface area contributed by atoms with Gasteiger partial charge in [-0.25, -0.2) is 23.4 Å². The van der Waals surface area contributed by atoms with Crippen LogP contribution in [0, 0.1) is 22.5 Å². The van der Waals surface area contributed by atoms with E-state index < -0.39 is 102 Å². The Balaban J connectivity index is 1.11. The summed E-state index contributed by atoms with van der Waals surface area (Å²) in [5, 5.41) is 22.9. The molecule has 77 heavy (non-hydrogen) atoms. The number of nitrogens with one attached hydrogen (secondary N) is 4. The van der Waals surface area contributed by atoms with Crippen molar-refractivity contribution in [2.45, 2.75) is 114 Å². The molecule has 0 radical (unpaired) electrons. The molecule has 1 saturated carbocycles. The molecule has 3 saturated heterocycles. The summed E-state index contributed by atoms with van der Waals surface area (Å²) in [6, 6.07) is 7.86. The molecule has 2 aromatic carbocycles. The van der Waals surface area contributed by atoms with E-state index in [2.05, 4.69) is 29.7 Å². The lowest BCUT2D eigenvalue weighted by atomic mass is 9.82. The van der Waals surface area contributed by atoms with E-state index in [0.29, 0.717) is 67.5 Å². The number of benzene rings is 2. The topological polar surface area (TPSA) is 205 Å². The number of nitrogens with zero attached hydrogens (tertiary/aromatic N) is 6. The summed E-state index contributed by atoms with van der Waals surface area (Å²) in [6.07, 6.45) is -9.95. The molecule has 26 heteroatoms. The molecule has 5 N–H and O–H groups in total. The van der Waals surface area contributed by atoms with Crippen molar-refractivity contribution in [1.82, 2.24) is 41.0 Å². The predicted octanol–water partition coefficient (Wildman–Crippen LogP) is 6.44. The normalized spacial score (nSPS) is 19.6. The number of likely N-dealkylation sites (tertiary alicyclic amines) is 1. The summed E-state index contributed by atoms with van der Waals surface area (Å²) < 4.78 is 137. The van der Waals surface area contributed by atoms with Crippen LogP contribution in [0.1, 0.15) is 58.6 Å². The average Bonchev–Trinajstić information content (AvgIpc) is 3.75. The number of ether oxygens (including phenoxy) is 3. The van der Waals surface area contributed by atoms with Crippen LogP contribution < -0.4 is 31.3 Å². The first kappa shape index (κ1) is 56.4. The fourth-order valence-corrected chi connectivity index (χ4v) is 9.74. The zero-order valence-corrected chi connectivity index (χ0v) is 42.8. The number of pyridine rings is 1. The van der Waals surface area contributed by atoms with Crippen molar-refractivity contribution in [1.29, 1.82) is 0 Å². The number of alkyl carbamates (subject to hydrolysis) is 2. The number of aliphatic hydroxyl groups excluding tert-OH is 1. The number of hydrogen-bond acceptors (Lipinski definition) is 13. The maximum absolute atomic E-state index is 16.6. The molecule has 5 heterocycles. The summed E-state index contributed by atoms with van der Waals surface area (Å²) in [5.74, 6) is -5.30. The Kier molecular flexibility index (Phi) is 16.1. The third kappa shape index (κ3) is 12.0. The van der Waals surface area contributed by atoms with Gasteiger partial charge in [0.1, 0.15) is 23.6 Å². The Morgan fingerprint density at radius 2 is 1.34 bits per heavy atom. The van der Waals surface area contributed by atoms with Gasteiger partial charge in [-0.15, -0.1) is 0 Å². The van der Waals surface area contributed by atoms with Crippen LogP contribution in [0.5, 0.6) is 0 Å². The van der Waals surface area contributed by atoms with Crippen LogP contribution in [0.3, 0.4) is 0 Å². The number of anilines is 2. The molecule has 418 valence electrons. The summed E-state index contributed by atoms with van der Waals surface area (Å²) in [4.78, 5) is 62.7. The van der Waals surface area contributed by atoms with Gasteiger partial charge in [0, 0.05) is 48.7 Å². The largest absolute Gasteiger partial charge is 0.453 e. The van der Waals surface area contributed by atoms with Crippen molar-refractivity contribution < 1.29 is 73.6 Å². The first-order valence-corrected chi connectivity index (χ1v) is 24.8. The molecule has 4 aromatic rings. The SMILES string of the molecule is COC(=O)NC(C(=O)N[C@@H](Cc1ccc(-c2ccc(N3C[C@H]4C[C@@H]3CN4C3COC3)nc2)cc1)[C@@H](O)CN(NC(=O)[C@@H](NC(=O)OC)C(C)(C)C(F)(F)F)c1c(F)cc(-c2ccn(C3CC3)n2)cc1F)C(C)(C)C(F)(F)F. The number of aromatic nitrogens is 3. The van der Waals surface area contributed by atoms with Crippen molar-refractivity contribution in [3.8, 4) is 22.4 Å². The van der Waals surface area contributed by atoms with Crippen LogP contribution in [0.15, 0.2) is 67.0 Å². The first-order chi connectivity index (χ1) is 36.2. The minimum Gasteiger partial charge on any atom is -0.453 e. The second kappa shape index (κ2) is 21.9. The third-order valence-electron chi connectivity index (χ3n) is 15.0. The fraction of sp³-hybridized carbons (Fsp3) is 0.529. The second-order valence-corrected chi connectivity index (χ2v) is 20.9. The highest BCUT2D eigenvalue weighted by Crippen LogP contribution is 2.43. The number of carbonyl (C=O) groups is 4. The lowest BCUT2D eigenvalue weighted by molar-refractivity contribution is -0.221. The monoisotopic (exact) mass is 1090 g/mol. The van der Waals surface area contributed by atoms with E-state index in [1.807, 2.05) is 22.9 Å². The standard InChI is InChI=1S/C51H60F8N10O8/c1-48(2,50(54,55)56)42(62-46(73)75-5)44(71)61-38(17-27-7-9-28(10-8-27)29-11-14-40(60-21-29)67-23-32-20-33(67)22-66(32)34-25-77-26-34)39(70)24-69(65-45(72)43(63-47(74)76-6)49(3,4)51(57,58)59)41-35(52)18-30(19-36(41)53)37-15-16-68(64-37)31-12-13-31/h7-11,14-16,18-19,21,31-34,38-39,42-43,70H,12-13,17,20,22-26H2,1-6H3,(H,61,71)(H,62,73)(H,63,74)(H,65,72)/t32-,33-,38+,39+,42?,43-/m1/s1. The van der Waals surface area contributed by atoms with Gasteiger partial charge >= 0.3 is 24.5 Å². The molecule has 8 rings (SSSR count). The van der Waals surface area contributed by atoms with Gasteiger partial charge < -0.3 is 40.2 Å². The minimum atomic E-state index is -5.21. The number of halogens is 8. The van der Waals surface area contributed by atoms with Crippen molar-refractivity contribution in [3.05, 3.63) is 84.2 Å². The number of aliphatic hydroxyl groups is 1. The number of hydrazine groups is 1. The zero-order chi connectivity index (χ0) is 55.9. The maximum Gasteiger partial charge on any atom is 0.407 e. The van der Waals surface area contributed by atoms with E-state index in [4.69, 9.17) is 9.72 Å². The number of methoxy groups -OCH3 is 2. The molecule has 4 amide bonds. The Labute approximate surface area is 437 Å². The molecular formula is C51H60F8N10O8. The molecule has 18 nitrogen and oxygen atoms in total. The van der Waals surface area contributed by atoms with Crippen LogP contribution in [0.25, 0.3) is 22.4 Å². The molecule has 0 spiro atoms. The fourth-order valence-electron chi connectivity index (χ4n) is 9.74. The Hall–Kier alpha value is -6.80. The van der Waals surface area contributed by atoms with Gasteiger partial charge in [0.2, 0.25) is 5.91 Å². The molecule has 2 aromatic heterocycles. The van der Waals surface area contributed by atoms with E-state index in [0.717, 1.165) is 77.7 Å². The highest BCUT2D eigenvalue weighted by atomic mass is 19.4. The summed E-state index contributed by atoms with van der Waals surface area (Å²) in [6.45, 7) is 4.38. The van der Waals surface area contributed by atoms with E-state index >= 15 is 8.78 Å². The Morgan fingerprint density at radius 1 is 0.753 bits per heavy atom. The molecule has 1 unspecified atom stereocenters. The van der Waals surface area contributed by atoms with Crippen molar-refractivity contribution in [3.63, 3.8) is 0 Å². The highest BCUT2D eigenvalue weighted by Gasteiger charge is 2.57. The van der Waals surface area contributed by atoms with Crippen LogP contribution in [-0.4, -0.2) is 151 Å². The third-order valence-corrected chi connectivity index (χ3v) is 15.0. The molecule has 3 aliphatic heterocycles. The van der Waals surface area contributed by atoms with Crippen molar-refractivity contribution >= 4 is 35.5 Å². The van der Waals surface area contributed by atoms with Gasteiger partial charge in [-0.3, -0.25) is 29.6 Å². The summed E-state index contributed by atoms with van der Waals surface area (Å²) >= 11 is 0. The van der Waals surface area contributed by atoms with Crippen molar-refractivity contribution in [2.75, 3.05) is 57.0 Å². The van der Waals surface area contributed by atoms with Gasteiger partial charge in [-0.05, 0) is 94.8 Å². The van der Waals surface area contributed by atoms with E-state index in [1.165, 1.54) is 6.07 Å². The van der Waals surface area contributed by atoms with Crippen LogP contribution in [0.4, 0.5) is 56.2 Å². The Morgan fingerprint density at radius 3 is 1.83 bits per heavy atom. The average molecular weight is 1090 g/mol. The summed E-state index contributed by atoms with van der Waals surface area (Å²) in [5.41, 5.74) is -3.54. The smallest absolute Gasteiger partial charge is 0.407 e. The van der Waals surface area contributed by atoms with Crippen LogP contribution >= 0.6 is 0 Å². The van der Waals surface area contributed by atoms with E-state index in [9.17, 15) is 50.6 Å². The number of carbonyl (C=O) groups excluding carboxylic acids is 4. The number of piperazine rings is 1. The number of amides is 4. The quantitative estimate of drug-likeness (QED) is 0.0508. The number of alkyl halides is 6. The predicted molar refractivity (Wildman–Crippen MR) is 262 cm³/mol. The molecular weight excluding hydrogens is 1030 g/mol. The van der Waals surface area contributed by atoms with Crippen LogP contribution in [0.2, 0.25) is 0 Å². The lowest BCUT2D eigenvalue weighted by Gasteiger charge is -2.42. The second-order valence-electron chi connectivity index (χ2n) is 20.9. The lowest BCUT2D eigenvalue weighted by Crippen LogP contribution is -2.64. The number of fused-ring (bicyclic) bond motifs is 2. The molecule has 2 bridgehead atoms. The van der Waals surface area contributed by atoms with Gasteiger partial charge in [0.05, 0.1) is 74.7 Å². The Bertz CT molecular complexity index is 2770. The minimum absolute atomic E-state index is 0.0831. The van der Waals surface area contributed by atoms with E-state index in [1.54, 1.807) is 46.7 Å². The van der Waals surface area contributed by atoms with Gasteiger partial charge in [-0.2, -0.15) is 31.4 Å². The maximum atomic E-state index is 16.6. The van der Waals surface area contributed by atoms with Crippen LogP contribution in [-0.2, 0) is 30.2 Å². The summed E-state index contributed by atoms with van der Waals surface area (Å²) in [7, 11) is 1.65. The zero-order valence-electron chi connectivity index (χ0n) is 42.8. The number of hydrogen-bond donors (Lipinski definition) is 5. The molecule has 6 atom stereocenters. The van der Waals surface area contributed by atoms with E-state index in [-0.39, 0.29) is 17.3 Å². The van der Waals surface area contributed by atoms with Gasteiger partial charge in [0.25, 0.3) is 5.91 Å². The van der Waals surface area contributed by atoms with Gasteiger partial charge in [-0.1, -0.05) is 24.3 Å². The highest BCUT2D eigenvalue weighted by molar-refractivity contribution is 5.88. The first-order valence-electron chi connectivity index (χ1n) is 24.8. The van der Waals surface area contributed by atoms with Gasteiger partial charge in [0.15, 0.2) is 11.6 Å². The molecule has 4 aliphatic rings. The van der Waals surface area contributed by atoms with Crippen molar-refractivity contribution in [2.24, 2.45) is 10.8 Å².